The minimum absolute atomic E-state index is 0.226. The summed E-state index contributed by atoms with van der Waals surface area (Å²) in [6.07, 6.45) is -2.55. The first-order chi connectivity index (χ1) is 6.06. The van der Waals surface area contributed by atoms with Crippen LogP contribution in [0.2, 0.25) is 5.02 Å². The van der Waals surface area contributed by atoms with Crippen LogP contribution in [-0.4, -0.2) is 4.98 Å². The molecule has 0 saturated carbocycles. The van der Waals surface area contributed by atoms with Crippen molar-refractivity contribution >= 4 is 27.5 Å². The van der Waals surface area contributed by atoms with Crippen LogP contribution < -0.4 is 0 Å². The van der Waals surface area contributed by atoms with Crippen molar-refractivity contribution in [3.8, 4) is 0 Å². The lowest BCUT2D eigenvalue weighted by Crippen LogP contribution is -1.97. The number of hydrogen-bond donors (Lipinski definition) is 0. The number of alkyl halides is 3. The summed E-state index contributed by atoms with van der Waals surface area (Å²) in [5.41, 5.74) is 0.856. The summed E-state index contributed by atoms with van der Waals surface area (Å²) in [5.74, 6) is 0. The Balaban J connectivity index is 3.22. The van der Waals surface area contributed by atoms with E-state index in [1.807, 2.05) is 0 Å². The lowest BCUT2D eigenvalue weighted by atomic mass is 10.2. The average molecular weight is 271 g/mol. The van der Waals surface area contributed by atoms with Gasteiger partial charge in [-0.1, -0.05) is 27.5 Å². The van der Waals surface area contributed by atoms with Crippen LogP contribution in [-0.2, 0) is 5.33 Å². The Morgan fingerprint density at radius 3 is 2.69 bits per heavy atom. The SMILES string of the molecule is Cc1cc(C(F)F)nc(CBr)c1Cl. The van der Waals surface area contributed by atoms with Gasteiger partial charge < -0.3 is 0 Å². The van der Waals surface area contributed by atoms with Crippen molar-refractivity contribution in [2.24, 2.45) is 0 Å². The van der Waals surface area contributed by atoms with Gasteiger partial charge in [-0.2, -0.15) is 0 Å². The lowest BCUT2D eigenvalue weighted by molar-refractivity contribution is 0.146. The topological polar surface area (TPSA) is 12.9 Å². The first kappa shape index (κ1) is 10.9. The predicted molar refractivity (Wildman–Crippen MR) is 51.6 cm³/mol. The van der Waals surface area contributed by atoms with E-state index < -0.39 is 6.43 Å². The minimum atomic E-state index is -2.55. The van der Waals surface area contributed by atoms with E-state index in [9.17, 15) is 8.78 Å². The van der Waals surface area contributed by atoms with E-state index in [1.165, 1.54) is 6.07 Å². The number of halogens is 4. The highest BCUT2D eigenvalue weighted by atomic mass is 79.9. The summed E-state index contributed by atoms with van der Waals surface area (Å²) in [6.45, 7) is 1.68. The molecule has 13 heavy (non-hydrogen) atoms. The molecule has 0 radical (unpaired) electrons. The number of aryl methyl sites for hydroxylation is 1. The van der Waals surface area contributed by atoms with Gasteiger partial charge in [-0.05, 0) is 18.6 Å². The fraction of sp³-hybridized carbons (Fsp3) is 0.375. The maximum Gasteiger partial charge on any atom is 0.280 e. The first-order valence-electron chi connectivity index (χ1n) is 3.56. The summed E-state index contributed by atoms with van der Waals surface area (Å²) >= 11 is 8.97. The van der Waals surface area contributed by atoms with Gasteiger partial charge in [-0.25, -0.2) is 13.8 Å². The first-order valence-corrected chi connectivity index (χ1v) is 5.06. The number of nitrogens with zero attached hydrogens (tertiary/aromatic N) is 1. The van der Waals surface area contributed by atoms with Gasteiger partial charge in [-0.15, -0.1) is 0 Å². The molecule has 0 aliphatic carbocycles. The van der Waals surface area contributed by atoms with E-state index in [2.05, 4.69) is 20.9 Å². The molecule has 0 unspecified atom stereocenters. The molecule has 1 rings (SSSR count). The van der Waals surface area contributed by atoms with Crippen molar-refractivity contribution in [2.45, 2.75) is 18.7 Å². The number of hydrogen-bond acceptors (Lipinski definition) is 1. The van der Waals surface area contributed by atoms with Crippen LogP contribution in [0.3, 0.4) is 0 Å². The summed E-state index contributed by atoms with van der Waals surface area (Å²) in [6, 6.07) is 1.30. The minimum Gasteiger partial charge on any atom is -0.249 e. The molecule has 1 nitrogen and oxygen atoms in total. The summed E-state index contributed by atoms with van der Waals surface area (Å²) in [4.78, 5) is 3.72. The molecule has 0 aromatic carbocycles. The van der Waals surface area contributed by atoms with Gasteiger partial charge in [0.15, 0.2) is 0 Å². The van der Waals surface area contributed by atoms with Crippen molar-refractivity contribution in [1.82, 2.24) is 4.98 Å². The summed E-state index contributed by atoms with van der Waals surface area (Å²) in [5, 5.41) is 0.828. The van der Waals surface area contributed by atoms with Gasteiger partial charge in [0.2, 0.25) is 0 Å². The third-order valence-electron chi connectivity index (χ3n) is 1.58. The van der Waals surface area contributed by atoms with Crippen LogP contribution in [0.15, 0.2) is 6.07 Å². The zero-order valence-electron chi connectivity index (χ0n) is 6.82. The second-order valence-corrected chi connectivity index (χ2v) is 3.50. The molecule has 0 fully saturated rings. The number of rotatable bonds is 2. The van der Waals surface area contributed by atoms with Crippen LogP contribution >= 0.6 is 27.5 Å². The zero-order valence-corrected chi connectivity index (χ0v) is 9.16. The highest BCUT2D eigenvalue weighted by Crippen LogP contribution is 2.26. The Morgan fingerprint density at radius 2 is 2.23 bits per heavy atom. The second kappa shape index (κ2) is 4.33. The van der Waals surface area contributed by atoms with Crippen molar-refractivity contribution in [3.05, 3.63) is 28.0 Å². The highest BCUT2D eigenvalue weighted by molar-refractivity contribution is 9.08. The molecular formula is C8H7BrClF2N. The highest BCUT2D eigenvalue weighted by Gasteiger charge is 2.13. The molecule has 72 valence electrons. The van der Waals surface area contributed by atoms with E-state index in [1.54, 1.807) is 6.92 Å². The molecule has 1 aromatic rings. The van der Waals surface area contributed by atoms with Gasteiger partial charge in [0.1, 0.15) is 5.69 Å². The fourth-order valence-corrected chi connectivity index (χ4v) is 1.68. The molecule has 0 spiro atoms. The largest absolute Gasteiger partial charge is 0.280 e. The Labute approximate surface area is 88.2 Å². The fourth-order valence-electron chi connectivity index (χ4n) is 0.950. The Kier molecular flexibility index (Phi) is 3.62. The van der Waals surface area contributed by atoms with Gasteiger partial charge >= 0.3 is 0 Å². The van der Waals surface area contributed by atoms with E-state index in [-0.39, 0.29) is 5.69 Å². The van der Waals surface area contributed by atoms with Crippen LogP contribution in [0.25, 0.3) is 0 Å². The quantitative estimate of drug-likeness (QED) is 0.743. The van der Waals surface area contributed by atoms with Crippen LogP contribution in [0, 0.1) is 6.92 Å². The van der Waals surface area contributed by atoms with E-state index >= 15 is 0 Å². The molecule has 0 aliphatic heterocycles. The van der Waals surface area contributed by atoms with Crippen molar-refractivity contribution in [2.75, 3.05) is 0 Å². The van der Waals surface area contributed by atoms with Crippen molar-refractivity contribution in [1.29, 1.82) is 0 Å². The molecule has 5 heteroatoms. The van der Waals surface area contributed by atoms with Gasteiger partial charge in [-0.3, -0.25) is 0 Å². The van der Waals surface area contributed by atoms with Crippen molar-refractivity contribution < 1.29 is 8.78 Å². The molecule has 0 saturated heterocycles. The standard InChI is InChI=1S/C8H7BrClF2N/c1-4-2-5(8(11)12)13-6(3-9)7(4)10/h2,8H,3H2,1H3. The maximum atomic E-state index is 12.3. The smallest absolute Gasteiger partial charge is 0.249 e. The Morgan fingerprint density at radius 1 is 1.62 bits per heavy atom. The molecule has 0 aliphatic rings. The Bertz CT molecular complexity index is 317. The molecule has 1 aromatic heterocycles. The van der Waals surface area contributed by atoms with E-state index in [4.69, 9.17) is 11.6 Å². The van der Waals surface area contributed by atoms with Crippen LogP contribution in [0.1, 0.15) is 23.4 Å². The van der Waals surface area contributed by atoms with Gasteiger partial charge in [0, 0.05) is 5.33 Å². The van der Waals surface area contributed by atoms with E-state index in [0.29, 0.717) is 21.6 Å². The number of pyridine rings is 1. The molecule has 0 amide bonds. The molecule has 0 N–H and O–H groups in total. The normalized spacial score (nSPS) is 10.9. The predicted octanol–water partition coefficient (Wildman–Crippen LogP) is 3.88. The molecule has 0 atom stereocenters. The second-order valence-electron chi connectivity index (χ2n) is 2.56. The summed E-state index contributed by atoms with van der Waals surface area (Å²) < 4.78 is 24.5. The van der Waals surface area contributed by atoms with Crippen molar-refractivity contribution in [3.63, 3.8) is 0 Å². The monoisotopic (exact) mass is 269 g/mol. The third-order valence-corrected chi connectivity index (χ3v) is 2.63. The van der Waals surface area contributed by atoms with Crippen LogP contribution in [0.5, 0.6) is 0 Å². The van der Waals surface area contributed by atoms with E-state index in [0.717, 1.165) is 0 Å². The maximum absolute atomic E-state index is 12.3. The molecule has 0 bridgehead atoms. The van der Waals surface area contributed by atoms with Gasteiger partial charge in [0.25, 0.3) is 6.43 Å². The molecule has 1 heterocycles. The lowest BCUT2D eigenvalue weighted by Gasteiger charge is -2.06. The Hall–Kier alpha value is -0.220. The zero-order chi connectivity index (χ0) is 10.0. The third kappa shape index (κ3) is 2.38. The molecular weight excluding hydrogens is 263 g/mol. The number of aromatic nitrogens is 1. The summed E-state index contributed by atoms with van der Waals surface area (Å²) in [7, 11) is 0. The average Bonchev–Trinajstić information content (AvgIpc) is 2.09. The van der Waals surface area contributed by atoms with Crippen LogP contribution in [0.4, 0.5) is 8.78 Å². The van der Waals surface area contributed by atoms with Gasteiger partial charge in [0.05, 0.1) is 10.7 Å².